The average Bonchev–Trinajstić information content (AvgIpc) is 2.81. The predicted molar refractivity (Wildman–Crippen MR) is 130 cm³/mol. The zero-order valence-corrected chi connectivity index (χ0v) is 18.6. The van der Waals surface area contributed by atoms with Crippen LogP contribution in [0.2, 0.25) is 0 Å². The molecular weight excluding hydrogens is 366 g/mol. The van der Waals surface area contributed by atoms with Gasteiger partial charge in [-0.05, 0) is 43.1 Å². The number of nitrogens with zero attached hydrogens (tertiary/aromatic N) is 3. The van der Waals surface area contributed by atoms with Crippen LogP contribution in [-0.4, -0.2) is 54.3 Å². The fourth-order valence-corrected chi connectivity index (χ4v) is 4.39. The van der Waals surface area contributed by atoms with Crippen LogP contribution in [0, 0.1) is 0 Å². The second-order valence-corrected chi connectivity index (χ2v) is 7.82. The molecular formula is C27H35N3. The lowest BCUT2D eigenvalue weighted by molar-refractivity contribution is 0.136. The summed E-state index contributed by atoms with van der Waals surface area (Å²) in [5.74, 6) is 0. The van der Waals surface area contributed by atoms with Gasteiger partial charge in [0.2, 0.25) is 0 Å². The van der Waals surface area contributed by atoms with Crippen molar-refractivity contribution in [1.29, 1.82) is 0 Å². The van der Waals surface area contributed by atoms with E-state index >= 15 is 0 Å². The number of aliphatic imine (C=N–C) groups is 1. The number of hydrogen-bond donors (Lipinski definition) is 0. The topological polar surface area (TPSA) is 18.8 Å². The van der Waals surface area contributed by atoms with E-state index in [2.05, 4.69) is 73.2 Å². The maximum Gasteiger partial charge on any atom is 0.0657 e. The molecule has 1 saturated heterocycles. The largest absolute Gasteiger partial charge is 0.371 e. The Bertz CT molecular complexity index is 845. The van der Waals surface area contributed by atoms with E-state index in [1.807, 2.05) is 18.2 Å². The van der Waals surface area contributed by atoms with Crippen molar-refractivity contribution in [3.8, 4) is 0 Å². The zero-order chi connectivity index (χ0) is 21.3. The van der Waals surface area contributed by atoms with E-state index in [9.17, 15) is 0 Å². The number of likely N-dealkylation sites (tertiary alicyclic amines) is 1. The summed E-state index contributed by atoms with van der Waals surface area (Å²) in [6.07, 6.45) is 12.6. The second kappa shape index (κ2) is 10.9. The van der Waals surface area contributed by atoms with Gasteiger partial charge in [0, 0.05) is 30.4 Å². The van der Waals surface area contributed by atoms with Crippen molar-refractivity contribution in [2.24, 2.45) is 4.99 Å². The number of allylic oxidation sites excluding steroid dienone is 6. The molecule has 0 radical (unpaired) electrons. The first-order valence-corrected chi connectivity index (χ1v) is 11.2. The van der Waals surface area contributed by atoms with Crippen molar-refractivity contribution in [3.05, 3.63) is 96.3 Å². The summed E-state index contributed by atoms with van der Waals surface area (Å²) < 4.78 is 0. The van der Waals surface area contributed by atoms with Crippen LogP contribution in [0.1, 0.15) is 32.3 Å². The number of piperidine rings is 1. The highest BCUT2D eigenvalue weighted by Gasteiger charge is 2.26. The summed E-state index contributed by atoms with van der Waals surface area (Å²) in [7, 11) is 0. The van der Waals surface area contributed by atoms with Crippen LogP contribution in [0.5, 0.6) is 0 Å². The van der Waals surface area contributed by atoms with Gasteiger partial charge in [-0.3, -0.25) is 4.99 Å². The molecule has 158 valence electrons. The van der Waals surface area contributed by atoms with Crippen LogP contribution >= 0.6 is 0 Å². The highest BCUT2D eigenvalue weighted by Crippen LogP contribution is 2.29. The number of hydrogen-bond acceptors (Lipinski definition) is 3. The van der Waals surface area contributed by atoms with Crippen molar-refractivity contribution in [2.75, 3.05) is 32.7 Å². The molecule has 2 aliphatic rings. The molecule has 0 atom stereocenters. The molecule has 30 heavy (non-hydrogen) atoms. The monoisotopic (exact) mass is 401 g/mol. The van der Waals surface area contributed by atoms with Gasteiger partial charge >= 0.3 is 0 Å². The van der Waals surface area contributed by atoms with Crippen LogP contribution in [0.25, 0.3) is 0 Å². The maximum absolute atomic E-state index is 4.84. The molecule has 2 aliphatic heterocycles. The van der Waals surface area contributed by atoms with Crippen LogP contribution in [-0.2, 0) is 0 Å². The Morgan fingerprint density at radius 3 is 2.47 bits per heavy atom. The number of rotatable bonds is 8. The highest BCUT2D eigenvalue weighted by molar-refractivity contribution is 6.10. The Hall–Kier alpha value is -2.65. The van der Waals surface area contributed by atoms with Crippen molar-refractivity contribution in [1.82, 2.24) is 9.80 Å². The number of benzene rings is 1. The molecule has 2 heterocycles. The molecule has 0 aromatic heterocycles. The quantitative estimate of drug-likeness (QED) is 0.543. The molecule has 0 spiro atoms. The molecule has 1 aromatic rings. The fourth-order valence-electron chi connectivity index (χ4n) is 4.39. The fraction of sp³-hybridized carbons (Fsp3) is 0.370. The van der Waals surface area contributed by atoms with E-state index in [-0.39, 0.29) is 0 Å². The van der Waals surface area contributed by atoms with Gasteiger partial charge in [-0.2, -0.15) is 0 Å². The van der Waals surface area contributed by atoms with Crippen molar-refractivity contribution >= 4 is 5.71 Å². The van der Waals surface area contributed by atoms with Gasteiger partial charge in [-0.1, -0.05) is 81.6 Å². The molecule has 0 unspecified atom stereocenters. The Kier molecular flexibility index (Phi) is 8.04. The Labute approximate surface area is 182 Å². The molecule has 0 aliphatic carbocycles. The van der Waals surface area contributed by atoms with E-state index in [4.69, 9.17) is 4.99 Å². The molecule has 1 fully saturated rings. The summed E-state index contributed by atoms with van der Waals surface area (Å²) in [6, 6.07) is 11.1. The van der Waals surface area contributed by atoms with Gasteiger partial charge in [0.25, 0.3) is 0 Å². The lowest BCUT2D eigenvalue weighted by Gasteiger charge is -2.40. The Morgan fingerprint density at radius 1 is 1.13 bits per heavy atom. The van der Waals surface area contributed by atoms with Crippen LogP contribution < -0.4 is 0 Å². The third-order valence-corrected chi connectivity index (χ3v) is 6.15. The minimum absolute atomic E-state index is 0.673. The molecule has 0 amide bonds. The third kappa shape index (κ3) is 5.28. The van der Waals surface area contributed by atoms with Gasteiger partial charge in [0.05, 0.1) is 12.3 Å². The molecule has 0 N–H and O–H groups in total. The summed E-state index contributed by atoms with van der Waals surface area (Å²) in [4.78, 5) is 9.89. The van der Waals surface area contributed by atoms with Crippen molar-refractivity contribution < 1.29 is 0 Å². The molecule has 3 rings (SSSR count). The lowest BCUT2D eigenvalue weighted by atomic mass is 9.93. The van der Waals surface area contributed by atoms with Crippen LogP contribution in [0.4, 0.5) is 0 Å². The summed E-state index contributed by atoms with van der Waals surface area (Å²) in [5, 5.41) is 0. The summed E-state index contributed by atoms with van der Waals surface area (Å²) in [6.45, 7) is 17.9. The SMILES string of the molecule is C=C/C=C\C=C1/CN=C(c2ccccc2)C=C1C(=C)N1CCC(N(CC)CC)CC1. The van der Waals surface area contributed by atoms with Gasteiger partial charge in [0.15, 0.2) is 0 Å². The molecule has 3 nitrogen and oxygen atoms in total. The van der Waals surface area contributed by atoms with Crippen molar-refractivity contribution in [3.63, 3.8) is 0 Å². The first kappa shape index (κ1) is 22.0. The van der Waals surface area contributed by atoms with E-state index in [0.29, 0.717) is 12.6 Å². The van der Waals surface area contributed by atoms with Gasteiger partial charge < -0.3 is 9.80 Å². The molecule has 1 aromatic carbocycles. The van der Waals surface area contributed by atoms with Crippen molar-refractivity contribution in [2.45, 2.75) is 32.7 Å². The third-order valence-electron chi connectivity index (χ3n) is 6.15. The minimum Gasteiger partial charge on any atom is -0.371 e. The molecule has 0 bridgehead atoms. The Morgan fingerprint density at radius 2 is 1.83 bits per heavy atom. The average molecular weight is 402 g/mol. The Balaban J connectivity index is 1.81. The van der Waals surface area contributed by atoms with Gasteiger partial charge in [0.1, 0.15) is 0 Å². The normalized spacial score (nSPS) is 19.3. The second-order valence-electron chi connectivity index (χ2n) is 7.82. The number of dihydropyridines is 1. The van der Waals surface area contributed by atoms with Crippen LogP contribution in [0.3, 0.4) is 0 Å². The first-order valence-electron chi connectivity index (χ1n) is 11.2. The van der Waals surface area contributed by atoms with E-state index in [1.165, 1.54) is 24.0 Å². The first-order chi connectivity index (χ1) is 14.7. The lowest BCUT2D eigenvalue weighted by Crippen LogP contribution is -2.44. The van der Waals surface area contributed by atoms with E-state index < -0.39 is 0 Å². The van der Waals surface area contributed by atoms with Crippen LogP contribution in [0.15, 0.2) is 95.7 Å². The minimum atomic E-state index is 0.673. The van der Waals surface area contributed by atoms with E-state index in [1.54, 1.807) is 6.08 Å². The predicted octanol–water partition coefficient (Wildman–Crippen LogP) is 5.40. The zero-order valence-electron chi connectivity index (χ0n) is 18.6. The highest BCUT2D eigenvalue weighted by atomic mass is 15.2. The molecule has 3 heteroatoms. The smallest absolute Gasteiger partial charge is 0.0657 e. The summed E-state index contributed by atoms with van der Waals surface area (Å²) in [5.41, 5.74) is 5.73. The molecule has 0 saturated carbocycles. The summed E-state index contributed by atoms with van der Waals surface area (Å²) >= 11 is 0. The standard InChI is InChI=1S/C27H35N3/c1-5-8-10-15-24-21-28-27(23-13-11-9-12-14-23)20-26(24)22(4)30-18-16-25(17-19-30)29(6-2)7-3/h5,8-15,20,25H,1,4,6-7,16-19,21H2,2-3H3/b10-8-,24-15+. The van der Waals surface area contributed by atoms with Gasteiger partial charge in [-0.15, -0.1) is 0 Å². The van der Waals surface area contributed by atoms with E-state index in [0.717, 1.165) is 43.2 Å². The van der Waals surface area contributed by atoms with Gasteiger partial charge in [-0.25, -0.2) is 0 Å². The maximum atomic E-state index is 4.84.